The largest absolute Gasteiger partial charge is 0.374 e. The molecule has 1 aliphatic heterocycles. The van der Waals surface area contributed by atoms with Gasteiger partial charge in [-0.3, -0.25) is 4.90 Å². The van der Waals surface area contributed by atoms with Crippen LogP contribution >= 0.6 is 0 Å². The van der Waals surface area contributed by atoms with Crippen molar-refractivity contribution in [3.8, 4) is 0 Å². The van der Waals surface area contributed by atoms with Crippen molar-refractivity contribution in [1.29, 1.82) is 0 Å². The number of nitrogens with one attached hydrogen (secondary N) is 1. The van der Waals surface area contributed by atoms with Crippen LogP contribution in [0.3, 0.4) is 0 Å². The predicted octanol–water partition coefficient (Wildman–Crippen LogP) is 2.12. The van der Waals surface area contributed by atoms with Crippen LogP contribution in [0.1, 0.15) is 40.5 Å². The second-order valence-electron chi connectivity index (χ2n) is 5.15. The molecule has 1 N–H and O–H groups in total. The molecule has 3 unspecified atom stereocenters. The molecule has 3 nitrogen and oxygen atoms in total. The second kappa shape index (κ2) is 8.06. The highest BCUT2D eigenvalue weighted by atomic mass is 16.5. The number of nitrogens with zero attached hydrogens (tertiary/aromatic N) is 1. The summed E-state index contributed by atoms with van der Waals surface area (Å²) in [6.45, 7) is 14.3. The molecule has 3 atom stereocenters. The average molecular weight is 242 g/mol. The molecule has 1 fully saturated rings. The first kappa shape index (κ1) is 14.9. The third kappa shape index (κ3) is 4.57. The number of ether oxygens (including phenoxy) is 1. The summed E-state index contributed by atoms with van der Waals surface area (Å²) in [5.74, 6) is 0.696. The van der Waals surface area contributed by atoms with Crippen molar-refractivity contribution < 1.29 is 4.74 Å². The van der Waals surface area contributed by atoms with Crippen molar-refractivity contribution in [3.63, 3.8) is 0 Å². The van der Waals surface area contributed by atoms with Crippen LogP contribution in [0.5, 0.6) is 0 Å². The maximum atomic E-state index is 5.99. The molecule has 1 aliphatic rings. The molecule has 0 aliphatic carbocycles. The fourth-order valence-corrected chi connectivity index (χ4v) is 2.81. The molecule has 0 radical (unpaired) electrons. The highest BCUT2D eigenvalue weighted by Crippen LogP contribution is 2.19. The fourth-order valence-electron chi connectivity index (χ4n) is 2.81. The number of rotatable bonds is 7. The van der Waals surface area contributed by atoms with Gasteiger partial charge < -0.3 is 10.1 Å². The van der Waals surface area contributed by atoms with E-state index in [-0.39, 0.29) is 0 Å². The van der Waals surface area contributed by atoms with Gasteiger partial charge in [0.05, 0.1) is 12.7 Å². The van der Waals surface area contributed by atoms with Crippen LogP contribution in [0, 0.1) is 5.92 Å². The zero-order valence-corrected chi connectivity index (χ0v) is 12.0. The third-order valence-corrected chi connectivity index (χ3v) is 3.82. The van der Waals surface area contributed by atoms with E-state index in [2.05, 4.69) is 37.9 Å². The Morgan fingerprint density at radius 1 is 1.35 bits per heavy atom. The summed E-state index contributed by atoms with van der Waals surface area (Å²) >= 11 is 0. The molecular formula is C14H30N2O. The summed E-state index contributed by atoms with van der Waals surface area (Å²) in [7, 11) is 0. The normalized spacial score (nSPS) is 25.8. The molecule has 0 aromatic carbocycles. The topological polar surface area (TPSA) is 24.5 Å². The van der Waals surface area contributed by atoms with Crippen LogP contribution in [0.2, 0.25) is 0 Å². The van der Waals surface area contributed by atoms with Gasteiger partial charge in [0.1, 0.15) is 0 Å². The van der Waals surface area contributed by atoms with E-state index in [0.29, 0.717) is 18.1 Å². The highest BCUT2D eigenvalue weighted by molar-refractivity contribution is 4.86. The number of morpholine rings is 1. The van der Waals surface area contributed by atoms with Gasteiger partial charge in [0.15, 0.2) is 0 Å². The first-order valence-corrected chi connectivity index (χ1v) is 7.30. The lowest BCUT2D eigenvalue weighted by Gasteiger charge is -2.39. The van der Waals surface area contributed by atoms with E-state index < -0.39 is 0 Å². The first-order valence-electron chi connectivity index (χ1n) is 7.30. The minimum Gasteiger partial charge on any atom is -0.374 e. The van der Waals surface area contributed by atoms with Crippen LogP contribution < -0.4 is 5.32 Å². The fraction of sp³-hybridized carbons (Fsp3) is 1.00. The predicted molar refractivity (Wildman–Crippen MR) is 73.4 cm³/mol. The Morgan fingerprint density at radius 2 is 2.12 bits per heavy atom. The zero-order valence-electron chi connectivity index (χ0n) is 12.0. The Hall–Kier alpha value is -0.120. The van der Waals surface area contributed by atoms with E-state index in [4.69, 9.17) is 4.74 Å². The van der Waals surface area contributed by atoms with Crippen LogP contribution in [-0.2, 0) is 4.74 Å². The summed E-state index contributed by atoms with van der Waals surface area (Å²) in [4.78, 5) is 2.50. The van der Waals surface area contributed by atoms with E-state index >= 15 is 0 Å². The van der Waals surface area contributed by atoms with E-state index in [1.54, 1.807) is 0 Å². The molecule has 0 bridgehead atoms. The van der Waals surface area contributed by atoms with Crippen molar-refractivity contribution in [1.82, 2.24) is 10.2 Å². The van der Waals surface area contributed by atoms with Gasteiger partial charge in [-0.25, -0.2) is 0 Å². The van der Waals surface area contributed by atoms with Gasteiger partial charge in [-0.2, -0.15) is 0 Å². The van der Waals surface area contributed by atoms with Crippen LogP contribution in [-0.4, -0.2) is 49.8 Å². The van der Waals surface area contributed by atoms with Gasteiger partial charge in [0.25, 0.3) is 0 Å². The molecule has 0 saturated carbocycles. The van der Waals surface area contributed by atoms with Crippen molar-refractivity contribution in [2.24, 2.45) is 5.92 Å². The lowest BCUT2D eigenvalue weighted by Crippen LogP contribution is -2.54. The van der Waals surface area contributed by atoms with Gasteiger partial charge in [0.2, 0.25) is 0 Å². The van der Waals surface area contributed by atoms with E-state index in [9.17, 15) is 0 Å². The van der Waals surface area contributed by atoms with E-state index in [1.165, 1.54) is 12.8 Å². The Labute approximate surface area is 107 Å². The minimum absolute atomic E-state index is 0.366. The Bertz CT molecular complexity index is 199. The Morgan fingerprint density at radius 3 is 2.71 bits per heavy atom. The standard InChI is InChI=1S/C14H30N2O/c1-5-8-12(4)14(15-6-2)13-11-16(7-3)9-10-17-13/h12-15H,5-11H2,1-4H3. The van der Waals surface area contributed by atoms with E-state index in [0.717, 1.165) is 32.8 Å². The molecule has 0 spiro atoms. The van der Waals surface area contributed by atoms with Crippen LogP contribution in [0.25, 0.3) is 0 Å². The summed E-state index contributed by atoms with van der Waals surface area (Å²) in [5, 5.41) is 3.63. The van der Waals surface area contributed by atoms with Crippen molar-refractivity contribution in [2.75, 3.05) is 32.8 Å². The second-order valence-corrected chi connectivity index (χ2v) is 5.15. The Kier molecular flexibility index (Phi) is 7.09. The van der Waals surface area contributed by atoms with Crippen molar-refractivity contribution in [2.45, 2.75) is 52.7 Å². The highest BCUT2D eigenvalue weighted by Gasteiger charge is 2.30. The summed E-state index contributed by atoms with van der Waals surface area (Å²) in [6.07, 6.45) is 2.90. The molecular weight excluding hydrogens is 212 g/mol. The zero-order chi connectivity index (χ0) is 12.7. The Balaban J connectivity index is 2.55. The van der Waals surface area contributed by atoms with Gasteiger partial charge in [-0.1, -0.05) is 34.1 Å². The molecule has 0 aromatic rings. The summed E-state index contributed by atoms with van der Waals surface area (Å²) < 4.78 is 5.99. The smallest absolute Gasteiger partial charge is 0.0857 e. The minimum atomic E-state index is 0.366. The maximum Gasteiger partial charge on any atom is 0.0857 e. The molecule has 0 amide bonds. The average Bonchev–Trinajstić information content (AvgIpc) is 2.36. The molecule has 102 valence electrons. The monoisotopic (exact) mass is 242 g/mol. The van der Waals surface area contributed by atoms with Gasteiger partial charge in [-0.05, 0) is 25.4 Å². The molecule has 3 heteroatoms. The molecule has 1 rings (SSSR count). The lowest BCUT2D eigenvalue weighted by molar-refractivity contribution is -0.0541. The number of hydrogen-bond acceptors (Lipinski definition) is 3. The quantitative estimate of drug-likeness (QED) is 0.740. The summed E-state index contributed by atoms with van der Waals surface area (Å²) in [6, 6.07) is 0.509. The third-order valence-electron chi connectivity index (χ3n) is 3.82. The molecule has 0 aromatic heterocycles. The first-order chi connectivity index (χ1) is 8.22. The lowest BCUT2D eigenvalue weighted by atomic mass is 9.91. The van der Waals surface area contributed by atoms with Crippen molar-refractivity contribution >= 4 is 0 Å². The SMILES string of the molecule is CCCC(C)C(NCC)C1CN(CC)CCO1. The molecule has 1 heterocycles. The molecule has 17 heavy (non-hydrogen) atoms. The number of likely N-dealkylation sites (N-methyl/N-ethyl adjacent to an activating group) is 2. The van der Waals surface area contributed by atoms with Gasteiger partial charge in [-0.15, -0.1) is 0 Å². The number of hydrogen-bond donors (Lipinski definition) is 1. The van der Waals surface area contributed by atoms with Gasteiger partial charge in [0, 0.05) is 19.1 Å². The molecule has 1 saturated heterocycles. The maximum absolute atomic E-state index is 5.99. The van der Waals surface area contributed by atoms with Crippen LogP contribution in [0.4, 0.5) is 0 Å². The van der Waals surface area contributed by atoms with Crippen LogP contribution in [0.15, 0.2) is 0 Å². The van der Waals surface area contributed by atoms with E-state index in [1.807, 2.05) is 0 Å². The van der Waals surface area contributed by atoms with Crippen molar-refractivity contribution in [3.05, 3.63) is 0 Å². The summed E-state index contributed by atoms with van der Waals surface area (Å²) in [5.41, 5.74) is 0. The van der Waals surface area contributed by atoms with Gasteiger partial charge >= 0.3 is 0 Å².